The molecule has 23 heavy (non-hydrogen) atoms. The van der Waals surface area contributed by atoms with Crippen LogP contribution in [0.1, 0.15) is 69.7 Å². The Balaban J connectivity index is 2.90. The average molecular weight is 427 g/mol. The Hall–Kier alpha value is -0.711. The fraction of sp³-hybridized carbons (Fsp3) is 0.632. The summed E-state index contributed by atoms with van der Waals surface area (Å²) in [5, 5.41) is 9.38. The summed E-state index contributed by atoms with van der Waals surface area (Å²) in [5.74, 6) is 0.00313. The second kappa shape index (κ2) is 11.0. The number of phenols is 1. The molecule has 0 spiro atoms. The molecule has 0 saturated carbocycles. The van der Waals surface area contributed by atoms with Gasteiger partial charge in [-0.1, -0.05) is 0 Å². The first-order valence-corrected chi connectivity index (χ1v) is 16.3. The summed E-state index contributed by atoms with van der Waals surface area (Å²) in [6.07, 6.45) is 7.00. The monoisotopic (exact) mass is 428 g/mol. The molecule has 0 radical (unpaired) electrons. The number of carbonyl (C=O) groups excluding carboxylic acids is 1. The number of phenolic OH excluding ortho intramolecular Hbond substituents is 1. The number of hydrogen-bond donors (Lipinski definition) is 1. The third-order valence-corrected chi connectivity index (χ3v) is 17.0. The van der Waals surface area contributed by atoms with Gasteiger partial charge in [0, 0.05) is 0 Å². The van der Waals surface area contributed by atoms with E-state index in [1.165, 1.54) is 19.3 Å². The van der Waals surface area contributed by atoms with Gasteiger partial charge >= 0.3 is 146 Å². The molecule has 0 bridgehead atoms. The Morgan fingerprint density at radius 2 is 1.35 bits per heavy atom. The van der Waals surface area contributed by atoms with Crippen LogP contribution in [0.25, 0.3) is 0 Å². The molecule has 0 amide bonds. The van der Waals surface area contributed by atoms with E-state index in [1.807, 2.05) is 0 Å². The first-order valence-electron chi connectivity index (χ1n) is 9.09. The molecule has 0 aliphatic rings. The van der Waals surface area contributed by atoms with Crippen LogP contribution in [0.5, 0.6) is 5.75 Å². The Morgan fingerprint density at radius 3 is 1.74 bits per heavy atom. The fourth-order valence-electron chi connectivity index (χ4n) is 2.88. The minimum absolute atomic E-state index is 0.177. The zero-order valence-corrected chi connectivity index (χ0v) is 17.8. The molecular formula is C19H32O3Sn. The van der Waals surface area contributed by atoms with Gasteiger partial charge in [-0.05, 0) is 0 Å². The summed E-state index contributed by atoms with van der Waals surface area (Å²) >= 11 is -2.90. The SMILES string of the molecule is CCC[CH2][Sn]([CH2]CCC)([CH2]CCC)[O]C(=O)c1ccc(O)cc1. The van der Waals surface area contributed by atoms with Gasteiger partial charge in [-0.15, -0.1) is 0 Å². The van der Waals surface area contributed by atoms with Crippen LogP contribution in [0.3, 0.4) is 0 Å². The Bertz CT molecular complexity index is 434. The van der Waals surface area contributed by atoms with Crippen LogP contribution in [0.15, 0.2) is 24.3 Å². The van der Waals surface area contributed by atoms with Crippen LogP contribution in [0.4, 0.5) is 0 Å². The van der Waals surface area contributed by atoms with E-state index in [0.29, 0.717) is 5.56 Å². The summed E-state index contributed by atoms with van der Waals surface area (Å²) in [6, 6.07) is 6.43. The summed E-state index contributed by atoms with van der Waals surface area (Å²) in [4.78, 5) is 12.6. The van der Waals surface area contributed by atoms with Crippen molar-refractivity contribution in [2.75, 3.05) is 0 Å². The molecule has 1 aromatic rings. The molecule has 130 valence electrons. The Morgan fingerprint density at radius 1 is 0.913 bits per heavy atom. The topological polar surface area (TPSA) is 46.5 Å². The summed E-state index contributed by atoms with van der Waals surface area (Å²) in [6.45, 7) is 6.62. The van der Waals surface area contributed by atoms with E-state index >= 15 is 0 Å². The second-order valence-corrected chi connectivity index (χ2v) is 18.0. The van der Waals surface area contributed by atoms with Crippen molar-refractivity contribution >= 4 is 24.8 Å². The first-order chi connectivity index (χ1) is 11.1. The summed E-state index contributed by atoms with van der Waals surface area (Å²) in [5.41, 5.74) is 0.563. The van der Waals surface area contributed by atoms with Crippen LogP contribution in [-0.2, 0) is 3.07 Å². The molecule has 1 rings (SSSR count). The van der Waals surface area contributed by atoms with Gasteiger partial charge < -0.3 is 0 Å². The molecule has 0 aliphatic carbocycles. The molecule has 0 unspecified atom stereocenters. The Kier molecular flexibility index (Phi) is 9.68. The molecule has 0 fully saturated rings. The van der Waals surface area contributed by atoms with E-state index in [1.54, 1.807) is 24.3 Å². The molecule has 1 N–H and O–H groups in total. The van der Waals surface area contributed by atoms with Crippen molar-refractivity contribution in [1.29, 1.82) is 0 Å². The van der Waals surface area contributed by atoms with Crippen molar-refractivity contribution in [3.05, 3.63) is 29.8 Å². The predicted octanol–water partition coefficient (Wildman–Crippen LogP) is 5.89. The van der Waals surface area contributed by atoms with E-state index in [4.69, 9.17) is 3.07 Å². The zero-order chi connectivity index (χ0) is 17.1. The van der Waals surface area contributed by atoms with Crippen LogP contribution >= 0.6 is 0 Å². The first kappa shape index (κ1) is 20.3. The van der Waals surface area contributed by atoms with Crippen molar-refractivity contribution in [3.63, 3.8) is 0 Å². The standard InChI is InChI=1S/C7H6O3.3C4H9.Sn/c8-6-3-1-5(2-4-6)7(9)10;3*1-3-4-2;/h1-4,8H,(H,9,10);3*1,3-4H2,2H3;/q;;;;+1/p-1. The normalized spacial score (nSPS) is 11.4. The van der Waals surface area contributed by atoms with E-state index in [2.05, 4.69) is 20.8 Å². The molecule has 0 aliphatic heterocycles. The molecule has 0 heterocycles. The molecular weight excluding hydrogens is 395 g/mol. The third-order valence-electron chi connectivity index (χ3n) is 4.37. The quantitative estimate of drug-likeness (QED) is 0.448. The van der Waals surface area contributed by atoms with Gasteiger partial charge in [0.15, 0.2) is 0 Å². The summed E-state index contributed by atoms with van der Waals surface area (Å²) < 4.78 is 9.70. The van der Waals surface area contributed by atoms with Gasteiger partial charge in [0.1, 0.15) is 0 Å². The van der Waals surface area contributed by atoms with Crippen LogP contribution in [-0.4, -0.2) is 29.9 Å². The van der Waals surface area contributed by atoms with E-state index in [9.17, 15) is 9.90 Å². The predicted molar refractivity (Wildman–Crippen MR) is 98.4 cm³/mol. The van der Waals surface area contributed by atoms with Crippen LogP contribution in [0, 0.1) is 0 Å². The molecule has 3 nitrogen and oxygen atoms in total. The fourth-order valence-corrected chi connectivity index (χ4v) is 15.9. The molecule has 4 heteroatoms. The number of unbranched alkanes of at least 4 members (excludes halogenated alkanes) is 3. The molecule has 1 aromatic carbocycles. The van der Waals surface area contributed by atoms with E-state index < -0.39 is 18.8 Å². The van der Waals surface area contributed by atoms with E-state index in [-0.39, 0.29) is 11.7 Å². The van der Waals surface area contributed by atoms with Crippen molar-refractivity contribution < 1.29 is 13.0 Å². The van der Waals surface area contributed by atoms with Crippen molar-refractivity contribution in [2.45, 2.75) is 72.6 Å². The maximum atomic E-state index is 12.6. The van der Waals surface area contributed by atoms with Crippen LogP contribution in [0.2, 0.25) is 13.3 Å². The van der Waals surface area contributed by atoms with Gasteiger partial charge in [-0.3, -0.25) is 0 Å². The van der Waals surface area contributed by atoms with Gasteiger partial charge in [0.05, 0.1) is 0 Å². The molecule has 0 atom stereocenters. The number of benzene rings is 1. The average Bonchev–Trinajstić information content (AvgIpc) is 2.56. The molecule has 0 saturated heterocycles. The molecule has 0 aromatic heterocycles. The summed E-state index contributed by atoms with van der Waals surface area (Å²) in [7, 11) is 0. The van der Waals surface area contributed by atoms with Gasteiger partial charge in [-0.25, -0.2) is 0 Å². The van der Waals surface area contributed by atoms with Gasteiger partial charge in [0.25, 0.3) is 0 Å². The second-order valence-electron chi connectivity index (χ2n) is 6.43. The third kappa shape index (κ3) is 7.15. The maximum absolute atomic E-state index is 12.6. The number of rotatable bonds is 11. The number of hydrogen-bond acceptors (Lipinski definition) is 3. The van der Waals surface area contributed by atoms with Gasteiger partial charge in [0.2, 0.25) is 0 Å². The number of aromatic hydroxyl groups is 1. The van der Waals surface area contributed by atoms with E-state index in [0.717, 1.165) is 32.6 Å². The van der Waals surface area contributed by atoms with Crippen molar-refractivity contribution in [2.24, 2.45) is 0 Å². The Labute approximate surface area is 145 Å². The van der Waals surface area contributed by atoms with Crippen molar-refractivity contribution in [1.82, 2.24) is 0 Å². The zero-order valence-electron chi connectivity index (χ0n) is 14.9. The van der Waals surface area contributed by atoms with Crippen molar-refractivity contribution in [3.8, 4) is 5.75 Å². The van der Waals surface area contributed by atoms with Gasteiger partial charge in [-0.2, -0.15) is 0 Å². The van der Waals surface area contributed by atoms with Crippen LogP contribution < -0.4 is 0 Å². The number of carbonyl (C=O) groups is 1. The minimum atomic E-state index is -2.90.